The molecule has 110 valence electrons. The second-order valence-electron chi connectivity index (χ2n) is 4.64. The number of aliphatic carboxylic acids is 1. The number of aromatic nitrogens is 3. The molecule has 0 fully saturated rings. The largest absolute Gasteiger partial charge is 0.480 e. The molecule has 7 nitrogen and oxygen atoms in total. The molecule has 0 saturated heterocycles. The van der Waals surface area contributed by atoms with Gasteiger partial charge in [-0.25, -0.2) is 14.5 Å². The monoisotopic (exact) mass is 288 g/mol. The zero-order chi connectivity index (χ0) is 15.2. The Morgan fingerprint density at radius 2 is 2.05 bits per heavy atom. The Labute approximate surface area is 121 Å². The van der Waals surface area contributed by atoms with Crippen LogP contribution in [-0.2, 0) is 16.0 Å². The van der Waals surface area contributed by atoms with Gasteiger partial charge in [0, 0.05) is 6.42 Å². The predicted molar refractivity (Wildman–Crippen MR) is 74.4 cm³/mol. The van der Waals surface area contributed by atoms with Crippen LogP contribution in [0.2, 0.25) is 0 Å². The van der Waals surface area contributed by atoms with Gasteiger partial charge in [-0.1, -0.05) is 30.3 Å². The summed E-state index contributed by atoms with van der Waals surface area (Å²) in [6.45, 7) is 1.63. The normalized spacial score (nSPS) is 13.4. The predicted octanol–water partition coefficient (Wildman–Crippen LogP) is 0.651. The Hall–Kier alpha value is -2.70. The zero-order valence-corrected chi connectivity index (χ0v) is 11.5. The summed E-state index contributed by atoms with van der Waals surface area (Å²) in [7, 11) is 0. The highest BCUT2D eigenvalue weighted by Crippen LogP contribution is 2.07. The van der Waals surface area contributed by atoms with Gasteiger partial charge in [0.1, 0.15) is 24.7 Å². The van der Waals surface area contributed by atoms with Gasteiger partial charge in [-0.15, -0.1) is 0 Å². The number of benzene rings is 1. The van der Waals surface area contributed by atoms with Crippen LogP contribution < -0.4 is 5.32 Å². The lowest BCUT2D eigenvalue weighted by molar-refractivity contribution is -0.142. The molecule has 2 aromatic rings. The van der Waals surface area contributed by atoms with Crippen LogP contribution in [0.5, 0.6) is 0 Å². The summed E-state index contributed by atoms with van der Waals surface area (Å²) < 4.78 is 1.37. The molecule has 0 aliphatic rings. The number of nitrogens with one attached hydrogen (secondary N) is 1. The van der Waals surface area contributed by atoms with E-state index in [1.807, 2.05) is 30.3 Å². The summed E-state index contributed by atoms with van der Waals surface area (Å²) in [6, 6.07) is 7.55. The van der Waals surface area contributed by atoms with E-state index in [4.69, 9.17) is 0 Å². The van der Waals surface area contributed by atoms with Crippen molar-refractivity contribution in [2.24, 2.45) is 0 Å². The minimum Gasteiger partial charge on any atom is -0.480 e. The smallest absolute Gasteiger partial charge is 0.326 e. The molecule has 1 unspecified atom stereocenters. The average Bonchev–Trinajstić information content (AvgIpc) is 3.00. The third kappa shape index (κ3) is 3.88. The molecule has 2 N–H and O–H groups in total. The average molecular weight is 288 g/mol. The number of carboxylic acid groups (broad SMARTS) is 1. The zero-order valence-electron chi connectivity index (χ0n) is 11.5. The maximum Gasteiger partial charge on any atom is 0.326 e. The fraction of sp³-hybridized carbons (Fsp3) is 0.286. The second-order valence-corrected chi connectivity index (χ2v) is 4.64. The van der Waals surface area contributed by atoms with E-state index in [0.717, 1.165) is 5.56 Å². The molecular formula is C14H16N4O3. The van der Waals surface area contributed by atoms with Crippen molar-refractivity contribution < 1.29 is 14.7 Å². The van der Waals surface area contributed by atoms with Gasteiger partial charge in [0.25, 0.3) is 0 Å². The lowest BCUT2D eigenvalue weighted by Crippen LogP contribution is -2.45. The van der Waals surface area contributed by atoms with Crippen LogP contribution in [0.1, 0.15) is 18.5 Å². The molecular weight excluding hydrogens is 272 g/mol. The first-order valence-electron chi connectivity index (χ1n) is 6.49. The van der Waals surface area contributed by atoms with E-state index in [0.29, 0.717) is 0 Å². The number of carbonyl (C=O) groups excluding carboxylic acids is 1. The first-order valence-corrected chi connectivity index (χ1v) is 6.49. The number of nitrogens with zero attached hydrogens (tertiary/aromatic N) is 3. The summed E-state index contributed by atoms with van der Waals surface area (Å²) >= 11 is 0. The van der Waals surface area contributed by atoms with Crippen molar-refractivity contribution >= 4 is 11.9 Å². The van der Waals surface area contributed by atoms with E-state index in [-0.39, 0.29) is 6.42 Å². The van der Waals surface area contributed by atoms with E-state index in [1.54, 1.807) is 6.92 Å². The summed E-state index contributed by atoms with van der Waals surface area (Å²) in [4.78, 5) is 27.1. The first kappa shape index (κ1) is 14.7. The van der Waals surface area contributed by atoms with Gasteiger partial charge in [-0.2, -0.15) is 5.10 Å². The second kappa shape index (κ2) is 6.65. The Bertz CT molecular complexity index is 598. The molecule has 1 aromatic heterocycles. The maximum atomic E-state index is 12.1. The van der Waals surface area contributed by atoms with Crippen LogP contribution >= 0.6 is 0 Å². The quantitative estimate of drug-likeness (QED) is 0.813. The highest BCUT2D eigenvalue weighted by atomic mass is 16.4. The van der Waals surface area contributed by atoms with Crippen molar-refractivity contribution in [3.05, 3.63) is 48.5 Å². The summed E-state index contributed by atoms with van der Waals surface area (Å²) in [5, 5.41) is 15.6. The van der Waals surface area contributed by atoms with Crippen molar-refractivity contribution in [3.8, 4) is 0 Å². The number of rotatable bonds is 6. The van der Waals surface area contributed by atoms with E-state index in [1.165, 1.54) is 17.3 Å². The fourth-order valence-corrected chi connectivity index (χ4v) is 1.88. The van der Waals surface area contributed by atoms with E-state index < -0.39 is 24.0 Å². The minimum absolute atomic E-state index is 0.228. The minimum atomic E-state index is -1.07. The first-order chi connectivity index (χ1) is 10.1. The number of hydrogen-bond donors (Lipinski definition) is 2. The van der Waals surface area contributed by atoms with Gasteiger partial charge in [-0.05, 0) is 12.5 Å². The Kier molecular flexibility index (Phi) is 4.65. The standard InChI is InChI=1S/C14H16N4O3/c1-10(18-9-15-8-16-18)13(19)17-12(14(20)21)7-11-5-3-2-4-6-11/h2-6,8-10,12H,7H2,1H3,(H,17,19)(H,20,21)/t10?,12-/m0/s1. The van der Waals surface area contributed by atoms with Crippen LogP contribution in [-0.4, -0.2) is 37.8 Å². The molecule has 1 aromatic carbocycles. The lowest BCUT2D eigenvalue weighted by atomic mass is 10.1. The van der Waals surface area contributed by atoms with Crippen LogP contribution in [0.3, 0.4) is 0 Å². The molecule has 0 bridgehead atoms. The maximum absolute atomic E-state index is 12.1. The van der Waals surface area contributed by atoms with Gasteiger partial charge >= 0.3 is 5.97 Å². The van der Waals surface area contributed by atoms with Gasteiger partial charge < -0.3 is 10.4 Å². The van der Waals surface area contributed by atoms with Gasteiger partial charge in [0.15, 0.2) is 0 Å². The molecule has 21 heavy (non-hydrogen) atoms. The summed E-state index contributed by atoms with van der Waals surface area (Å²) in [5.74, 6) is -1.48. The van der Waals surface area contributed by atoms with Crippen molar-refractivity contribution in [1.29, 1.82) is 0 Å². The third-order valence-corrected chi connectivity index (χ3v) is 3.11. The highest BCUT2D eigenvalue weighted by Gasteiger charge is 2.24. The van der Waals surface area contributed by atoms with E-state index >= 15 is 0 Å². The van der Waals surface area contributed by atoms with Crippen molar-refractivity contribution in [2.75, 3.05) is 0 Å². The van der Waals surface area contributed by atoms with E-state index in [2.05, 4.69) is 15.4 Å². The van der Waals surface area contributed by atoms with Crippen molar-refractivity contribution in [2.45, 2.75) is 25.4 Å². The van der Waals surface area contributed by atoms with Crippen LogP contribution in [0.4, 0.5) is 0 Å². The Morgan fingerprint density at radius 1 is 1.33 bits per heavy atom. The van der Waals surface area contributed by atoms with Crippen molar-refractivity contribution in [3.63, 3.8) is 0 Å². The lowest BCUT2D eigenvalue weighted by Gasteiger charge is -2.18. The highest BCUT2D eigenvalue weighted by molar-refractivity contribution is 5.85. The van der Waals surface area contributed by atoms with Gasteiger partial charge in [0.2, 0.25) is 5.91 Å². The number of carbonyl (C=O) groups is 2. The molecule has 1 amide bonds. The molecule has 0 aliphatic heterocycles. The Balaban J connectivity index is 2.03. The summed E-state index contributed by atoms with van der Waals surface area (Å²) in [6.07, 6.45) is 2.96. The fourth-order valence-electron chi connectivity index (χ4n) is 1.88. The molecule has 7 heteroatoms. The number of hydrogen-bond acceptors (Lipinski definition) is 4. The number of amides is 1. The SMILES string of the molecule is CC(C(=O)N[C@@H](Cc1ccccc1)C(=O)O)n1cncn1. The summed E-state index contributed by atoms with van der Waals surface area (Å²) in [5.41, 5.74) is 0.846. The molecule has 0 spiro atoms. The molecule has 0 radical (unpaired) electrons. The van der Waals surface area contributed by atoms with Crippen LogP contribution in [0.15, 0.2) is 43.0 Å². The number of carboxylic acids is 1. The molecule has 2 atom stereocenters. The van der Waals surface area contributed by atoms with Gasteiger partial charge in [0.05, 0.1) is 0 Å². The van der Waals surface area contributed by atoms with Gasteiger partial charge in [-0.3, -0.25) is 4.79 Å². The molecule has 2 rings (SSSR count). The van der Waals surface area contributed by atoms with Crippen molar-refractivity contribution in [1.82, 2.24) is 20.1 Å². The van der Waals surface area contributed by atoms with E-state index in [9.17, 15) is 14.7 Å². The Morgan fingerprint density at radius 3 is 2.62 bits per heavy atom. The topological polar surface area (TPSA) is 97.1 Å². The molecule has 0 saturated carbocycles. The van der Waals surface area contributed by atoms with Crippen LogP contribution in [0, 0.1) is 0 Å². The molecule has 1 heterocycles. The third-order valence-electron chi connectivity index (χ3n) is 3.11. The molecule has 0 aliphatic carbocycles. The van der Waals surface area contributed by atoms with Crippen LogP contribution in [0.25, 0.3) is 0 Å².